The van der Waals surface area contributed by atoms with Crippen LogP contribution in [0.2, 0.25) is 0 Å². The van der Waals surface area contributed by atoms with Crippen LogP contribution in [-0.4, -0.2) is 19.0 Å². The van der Waals surface area contributed by atoms with Crippen molar-refractivity contribution in [1.29, 1.82) is 0 Å². The van der Waals surface area contributed by atoms with Crippen LogP contribution < -0.4 is 10.6 Å². The molecule has 3 nitrogen and oxygen atoms in total. The van der Waals surface area contributed by atoms with Crippen LogP contribution in [0.15, 0.2) is 53.5 Å². The van der Waals surface area contributed by atoms with Crippen molar-refractivity contribution in [3.63, 3.8) is 0 Å². The molecule has 1 aliphatic rings. The van der Waals surface area contributed by atoms with Crippen LogP contribution in [0.3, 0.4) is 0 Å². The van der Waals surface area contributed by atoms with E-state index in [9.17, 15) is 0 Å². The van der Waals surface area contributed by atoms with Crippen LogP contribution >= 0.6 is 12.4 Å². The second-order valence-corrected chi connectivity index (χ2v) is 5.72. The van der Waals surface area contributed by atoms with Gasteiger partial charge < -0.3 is 10.6 Å². The Morgan fingerprint density at radius 1 is 0.957 bits per heavy atom. The summed E-state index contributed by atoms with van der Waals surface area (Å²) in [7, 11) is 0. The predicted octanol–water partition coefficient (Wildman–Crippen LogP) is 4.02. The van der Waals surface area contributed by atoms with Crippen LogP contribution in [-0.2, 0) is 12.8 Å². The van der Waals surface area contributed by atoms with E-state index < -0.39 is 0 Å². The number of hydrogen-bond acceptors (Lipinski definition) is 3. The van der Waals surface area contributed by atoms with Crippen molar-refractivity contribution >= 4 is 24.1 Å². The maximum absolute atomic E-state index is 4.34. The smallest absolute Gasteiger partial charge is 0.195 e. The highest BCUT2D eigenvalue weighted by atomic mass is 35.5. The number of rotatable bonds is 5. The third-order valence-electron chi connectivity index (χ3n) is 3.86. The Hall–Kier alpha value is -2.00. The van der Waals surface area contributed by atoms with Gasteiger partial charge in [0.25, 0.3) is 0 Å². The van der Waals surface area contributed by atoms with Crippen molar-refractivity contribution in [2.24, 2.45) is 4.99 Å². The van der Waals surface area contributed by atoms with Gasteiger partial charge in [0, 0.05) is 12.2 Å². The molecule has 0 spiro atoms. The van der Waals surface area contributed by atoms with Gasteiger partial charge in [-0.2, -0.15) is 0 Å². The molecule has 122 valence electrons. The second-order valence-electron chi connectivity index (χ2n) is 5.72. The van der Waals surface area contributed by atoms with Gasteiger partial charge in [0.05, 0.1) is 6.54 Å². The molecule has 0 amide bonds. The van der Waals surface area contributed by atoms with Gasteiger partial charge in [0.2, 0.25) is 0 Å². The molecule has 2 aromatic carbocycles. The lowest BCUT2D eigenvalue weighted by atomic mass is 10.0. The van der Waals surface area contributed by atoms with E-state index in [2.05, 4.69) is 71.1 Å². The van der Waals surface area contributed by atoms with Crippen molar-refractivity contribution < 1.29 is 0 Å². The molecule has 4 heteroatoms. The second kappa shape index (κ2) is 8.59. The number of hydrogen-bond donors (Lipinski definition) is 2. The summed E-state index contributed by atoms with van der Waals surface area (Å²) < 4.78 is 0. The van der Waals surface area contributed by atoms with Crippen LogP contribution in [0.25, 0.3) is 0 Å². The van der Waals surface area contributed by atoms with Crippen LogP contribution in [0, 0.1) is 0 Å². The fourth-order valence-electron chi connectivity index (χ4n) is 2.67. The normalized spacial score (nSPS) is 13.0. The number of aliphatic imine (C=N–C) groups is 1. The maximum Gasteiger partial charge on any atom is 0.195 e. The van der Waals surface area contributed by atoms with Gasteiger partial charge in [-0.05, 0) is 41.7 Å². The average molecular weight is 330 g/mol. The lowest BCUT2D eigenvalue weighted by molar-refractivity contribution is 0.920. The minimum absolute atomic E-state index is 0. The Kier molecular flexibility index (Phi) is 6.48. The molecule has 0 aromatic heterocycles. The Balaban J connectivity index is 0.00000192. The molecule has 3 rings (SSSR count). The first-order valence-electron chi connectivity index (χ1n) is 8.05. The first-order chi connectivity index (χ1) is 10.8. The number of nitrogens with one attached hydrogen (secondary N) is 2. The van der Waals surface area contributed by atoms with E-state index in [-0.39, 0.29) is 12.4 Å². The van der Waals surface area contributed by atoms with Gasteiger partial charge in [-0.25, -0.2) is 0 Å². The molecule has 0 saturated heterocycles. The van der Waals surface area contributed by atoms with Gasteiger partial charge in [0.15, 0.2) is 5.96 Å². The third-order valence-corrected chi connectivity index (χ3v) is 3.86. The number of halogens is 1. The molecule has 0 atom stereocenters. The van der Waals surface area contributed by atoms with E-state index in [1.165, 1.54) is 29.5 Å². The maximum atomic E-state index is 4.34. The standard InChI is InChI=1S/C19H23N3.ClH/c1-2-3-15-4-6-16(7-5-15)14-17-8-10-18(11-9-17)22-19-20-12-13-21-19;/h4-11H,2-3,12-14H2,1H3,(H2,20,21,22);1H. The average Bonchev–Trinajstić information content (AvgIpc) is 3.04. The van der Waals surface area contributed by atoms with Gasteiger partial charge >= 0.3 is 0 Å². The Morgan fingerprint density at radius 3 is 2.13 bits per heavy atom. The number of aryl methyl sites for hydroxylation is 1. The fraction of sp³-hybridized carbons (Fsp3) is 0.316. The molecule has 0 saturated carbocycles. The molecule has 1 heterocycles. The number of anilines is 1. The van der Waals surface area contributed by atoms with Crippen molar-refractivity contribution in [3.8, 4) is 0 Å². The van der Waals surface area contributed by atoms with E-state index in [0.29, 0.717) is 0 Å². The minimum Gasteiger partial charge on any atom is -0.354 e. The van der Waals surface area contributed by atoms with Crippen LogP contribution in [0.4, 0.5) is 5.69 Å². The van der Waals surface area contributed by atoms with Crippen molar-refractivity contribution in [2.75, 3.05) is 18.4 Å². The Morgan fingerprint density at radius 2 is 1.57 bits per heavy atom. The summed E-state index contributed by atoms with van der Waals surface area (Å²) in [6.07, 6.45) is 3.35. The summed E-state index contributed by atoms with van der Waals surface area (Å²) in [5.41, 5.74) is 5.20. The number of guanidine groups is 1. The zero-order valence-electron chi connectivity index (χ0n) is 13.5. The summed E-state index contributed by atoms with van der Waals surface area (Å²) >= 11 is 0. The Bertz CT molecular complexity index is 633. The van der Waals surface area contributed by atoms with Crippen molar-refractivity contribution in [1.82, 2.24) is 5.32 Å². The molecule has 0 fully saturated rings. The topological polar surface area (TPSA) is 36.4 Å². The Labute approximate surface area is 144 Å². The fourth-order valence-corrected chi connectivity index (χ4v) is 2.67. The molecular formula is C19H24ClN3. The van der Waals surface area contributed by atoms with E-state index in [1.54, 1.807) is 0 Å². The minimum atomic E-state index is 0. The lowest BCUT2D eigenvalue weighted by Gasteiger charge is -2.08. The SMILES string of the molecule is CCCc1ccc(Cc2ccc(NC3=NCCN3)cc2)cc1.Cl. The highest BCUT2D eigenvalue weighted by molar-refractivity contribution is 5.94. The van der Waals surface area contributed by atoms with Crippen molar-refractivity contribution in [2.45, 2.75) is 26.2 Å². The van der Waals surface area contributed by atoms with Crippen molar-refractivity contribution in [3.05, 3.63) is 65.2 Å². The summed E-state index contributed by atoms with van der Waals surface area (Å²) in [6.45, 7) is 4.00. The summed E-state index contributed by atoms with van der Waals surface area (Å²) in [4.78, 5) is 4.34. The quantitative estimate of drug-likeness (QED) is 0.869. The largest absolute Gasteiger partial charge is 0.354 e. The van der Waals surface area contributed by atoms with E-state index in [1.807, 2.05) is 0 Å². The first-order valence-corrected chi connectivity index (χ1v) is 8.05. The van der Waals surface area contributed by atoms with Gasteiger partial charge in [0.1, 0.15) is 0 Å². The lowest BCUT2D eigenvalue weighted by Crippen LogP contribution is -2.26. The van der Waals surface area contributed by atoms with Gasteiger partial charge in [-0.15, -0.1) is 12.4 Å². The first kappa shape index (κ1) is 17.4. The summed E-state index contributed by atoms with van der Waals surface area (Å²) in [5.74, 6) is 0.874. The summed E-state index contributed by atoms with van der Waals surface area (Å²) in [6, 6.07) is 17.6. The number of benzene rings is 2. The molecule has 0 aliphatic carbocycles. The van der Waals surface area contributed by atoms with Crippen LogP contribution in [0.5, 0.6) is 0 Å². The van der Waals surface area contributed by atoms with E-state index in [4.69, 9.17) is 0 Å². The van der Waals surface area contributed by atoms with Crippen LogP contribution in [0.1, 0.15) is 30.0 Å². The molecule has 23 heavy (non-hydrogen) atoms. The molecule has 0 radical (unpaired) electrons. The number of nitrogens with zero attached hydrogens (tertiary/aromatic N) is 1. The highest BCUT2D eigenvalue weighted by Gasteiger charge is 2.04. The highest BCUT2D eigenvalue weighted by Crippen LogP contribution is 2.15. The molecular weight excluding hydrogens is 306 g/mol. The molecule has 0 unspecified atom stereocenters. The van der Waals surface area contributed by atoms with Gasteiger partial charge in [-0.3, -0.25) is 4.99 Å². The summed E-state index contributed by atoms with van der Waals surface area (Å²) in [5, 5.41) is 6.51. The zero-order chi connectivity index (χ0) is 15.2. The predicted molar refractivity (Wildman–Crippen MR) is 101 cm³/mol. The molecule has 2 aromatic rings. The molecule has 0 bridgehead atoms. The molecule has 1 aliphatic heterocycles. The van der Waals surface area contributed by atoms with E-state index >= 15 is 0 Å². The third kappa shape index (κ3) is 5.00. The monoisotopic (exact) mass is 329 g/mol. The van der Waals surface area contributed by atoms with Gasteiger partial charge in [-0.1, -0.05) is 49.7 Å². The zero-order valence-corrected chi connectivity index (χ0v) is 14.3. The van der Waals surface area contributed by atoms with E-state index in [0.717, 1.165) is 31.2 Å². The molecule has 2 N–H and O–H groups in total.